The van der Waals surface area contributed by atoms with Crippen LogP contribution in [-0.2, 0) is 4.74 Å². The van der Waals surface area contributed by atoms with Crippen molar-refractivity contribution in [3.63, 3.8) is 0 Å². The Labute approximate surface area is 116 Å². The van der Waals surface area contributed by atoms with Crippen molar-refractivity contribution in [2.24, 2.45) is 0 Å². The molecule has 0 spiro atoms. The molecular weight excluding hydrogens is 238 g/mol. The standard InChI is InChI=1S/C16H25NO2/c1-2-3-9-15(17-10-12-19-13-11-17)16(18)14-7-5-4-6-8-14/h4-8,15-16,18H,2-3,9-13H2,1H3/t15-,16-/m1/s1. The second kappa shape index (κ2) is 7.63. The summed E-state index contributed by atoms with van der Waals surface area (Å²) in [5, 5.41) is 10.7. The van der Waals surface area contributed by atoms with E-state index in [4.69, 9.17) is 4.74 Å². The maximum atomic E-state index is 10.7. The van der Waals surface area contributed by atoms with E-state index in [0.717, 1.165) is 44.7 Å². The summed E-state index contributed by atoms with van der Waals surface area (Å²) in [6, 6.07) is 10.2. The SMILES string of the molecule is CCCC[C@H]([C@H](O)c1ccccc1)N1CCOCC1. The van der Waals surface area contributed by atoms with Crippen LogP contribution in [0.3, 0.4) is 0 Å². The third-order valence-corrected chi connectivity index (χ3v) is 3.87. The van der Waals surface area contributed by atoms with Gasteiger partial charge in [-0.3, -0.25) is 4.90 Å². The Kier molecular flexibility index (Phi) is 5.83. The molecule has 0 aromatic heterocycles. The molecule has 1 heterocycles. The van der Waals surface area contributed by atoms with Crippen LogP contribution in [0.1, 0.15) is 37.9 Å². The minimum atomic E-state index is -0.397. The molecule has 19 heavy (non-hydrogen) atoms. The normalized spacial score (nSPS) is 20.1. The van der Waals surface area contributed by atoms with E-state index in [0.29, 0.717) is 0 Å². The van der Waals surface area contributed by atoms with Gasteiger partial charge in [-0.1, -0.05) is 50.1 Å². The van der Waals surface area contributed by atoms with E-state index >= 15 is 0 Å². The number of morpholine rings is 1. The average Bonchev–Trinajstić information content (AvgIpc) is 2.49. The Morgan fingerprint density at radius 2 is 1.89 bits per heavy atom. The summed E-state index contributed by atoms with van der Waals surface area (Å²) in [6.45, 7) is 5.62. The van der Waals surface area contributed by atoms with Crippen molar-refractivity contribution in [3.05, 3.63) is 35.9 Å². The molecule has 106 valence electrons. The maximum absolute atomic E-state index is 10.7. The predicted octanol–water partition coefficient (Wildman–Crippen LogP) is 2.61. The fraction of sp³-hybridized carbons (Fsp3) is 0.625. The van der Waals surface area contributed by atoms with Gasteiger partial charge in [0.1, 0.15) is 0 Å². The highest BCUT2D eigenvalue weighted by molar-refractivity contribution is 5.19. The lowest BCUT2D eigenvalue weighted by molar-refractivity contribution is -0.0258. The van der Waals surface area contributed by atoms with Gasteiger partial charge in [-0.15, -0.1) is 0 Å². The molecule has 2 atom stereocenters. The van der Waals surface area contributed by atoms with Crippen molar-refractivity contribution in [1.82, 2.24) is 4.90 Å². The molecule has 1 N–H and O–H groups in total. The van der Waals surface area contributed by atoms with Crippen molar-refractivity contribution in [2.75, 3.05) is 26.3 Å². The molecule has 1 aromatic carbocycles. The highest BCUT2D eigenvalue weighted by Gasteiger charge is 2.27. The van der Waals surface area contributed by atoms with E-state index in [9.17, 15) is 5.11 Å². The lowest BCUT2D eigenvalue weighted by Gasteiger charge is -2.37. The largest absolute Gasteiger partial charge is 0.387 e. The molecular formula is C16H25NO2. The molecule has 1 fully saturated rings. The number of hydrogen-bond acceptors (Lipinski definition) is 3. The third kappa shape index (κ3) is 4.03. The van der Waals surface area contributed by atoms with E-state index < -0.39 is 6.10 Å². The van der Waals surface area contributed by atoms with Gasteiger partial charge in [0, 0.05) is 19.1 Å². The first kappa shape index (κ1) is 14.5. The quantitative estimate of drug-likeness (QED) is 0.856. The van der Waals surface area contributed by atoms with E-state index in [-0.39, 0.29) is 6.04 Å². The number of aliphatic hydroxyl groups excluding tert-OH is 1. The second-order valence-electron chi connectivity index (χ2n) is 5.21. The first-order valence-electron chi connectivity index (χ1n) is 7.37. The number of hydrogen-bond donors (Lipinski definition) is 1. The summed E-state index contributed by atoms with van der Waals surface area (Å²) in [4.78, 5) is 2.39. The highest BCUT2D eigenvalue weighted by Crippen LogP contribution is 2.25. The number of ether oxygens (including phenoxy) is 1. The molecule has 0 aliphatic carbocycles. The smallest absolute Gasteiger partial charge is 0.0945 e. The van der Waals surface area contributed by atoms with Crippen molar-refractivity contribution < 1.29 is 9.84 Å². The van der Waals surface area contributed by atoms with Gasteiger partial charge in [-0.2, -0.15) is 0 Å². The van der Waals surface area contributed by atoms with Crippen LogP contribution in [0.5, 0.6) is 0 Å². The lowest BCUT2D eigenvalue weighted by Crippen LogP contribution is -2.46. The van der Waals surface area contributed by atoms with Gasteiger partial charge in [0.15, 0.2) is 0 Å². The van der Waals surface area contributed by atoms with Crippen molar-refractivity contribution >= 4 is 0 Å². The number of unbranched alkanes of at least 4 members (excludes halogenated alkanes) is 1. The predicted molar refractivity (Wildman–Crippen MR) is 77.1 cm³/mol. The zero-order chi connectivity index (χ0) is 13.5. The summed E-state index contributed by atoms with van der Waals surface area (Å²) in [6.07, 6.45) is 2.98. The molecule has 1 aromatic rings. The molecule has 2 rings (SSSR count). The summed E-state index contributed by atoms with van der Waals surface area (Å²) in [5.41, 5.74) is 1.02. The molecule has 0 bridgehead atoms. The molecule has 1 saturated heterocycles. The number of nitrogens with zero attached hydrogens (tertiary/aromatic N) is 1. The lowest BCUT2D eigenvalue weighted by atomic mass is 9.96. The van der Waals surface area contributed by atoms with E-state index in [2.05, 4.69) is 11.8 Å². The molecule has 0 radical (unpaired) electrons. The van der Waals surface area contributed by atoms with Crippen LogP contribution in [0, 0.1) is 0 Å². The van der Waals surface area contributed by atoms with Crippen molar-refractivity contribution in [1.29, 1.82) is 0 Å². The van der Waals surface area contributed by atoms with Crippen LogP contribution < -0.4 is 0 Å². The zero-order valence-corrected chi connectivity index (χ0v) is 11.8. The van der Waals surface area contributed by atoms with Gasteiger partial charge < -0.3 is 9.84 Å². The first-order valence-corrected chi connectivity index (χ1v) is 7.37. The summed E-state index contributed by atoms with van der Waals surface area (Å²) < 4.78 is 5.42. The monoisotopic (exact) mass is 263 g/mol. The van der Waals surface area contributed by atoms with Gasteiger partial charge in [0.25, 0.3) is 0 Å². The summed E-state index contributed by atoms with van der Waals surface area (Å²) in [7, 11) is 0. The number of rotatable bonds is 6. The van der Waals surface area contributed by atoms with Gasteiger partial charge >= 0.3 is 0 Å². The van der Waals surface area contributed by atoms with Crippen LogP contribution >= 0.6 is 0 Å². The summed E-state index contributed by atoms with van der Waals surface area (Å²) in [5.74, 6) is 0. The molecule has 0 saturated carbocycles. The van der Waals surface area contributed by atoms with Gasteiger partial charge in [-0.05, 0) is 12.0 Å². The molecule has 3 heteroatoms. The van der Waals surface area contributed by atoms with E-state index in [1.165, 1.54) is 6.42 Å². The van der Waals surface area contributed by atoms with E-state index in [1.54, 1.807) is 0 Å². The third-order valence-electron chi connectivity index (χ3n) is 3.87. The molecule has 1 aliphatic heterocycles. The minimum Gasteiger partial charge on any atom is -0.387 e. The fourth-order valence-electron chi connectivity index (χ4n) is 2.73. The minimum absolute atomic E-state index is 0.214. The summed E-state index contributed by atoms with van der Waals surface area (Å²) >= 11 is 0. The van der Waals surface area contributed by atoms with Gasteiger partial charge in [0.2, 0.25) is 0 Å². The molecule has 3 nitrogen and oxygen atoms in total. The Morgan fingerprint density at radius 3 is 2.53 bits per heavy atom. The topological polar surface area (TPSA) is 32.7 Å². The van der Waals surface area contributed by atoms with Crippen LogP contribution in [0.4, 0.5) is 0 Å². The second-order valence-corrected chi connectivity index (χ2v) is 5.21. The van der Waals surface area contributed by atoms with Crippen LogP contribution in [0.2, 0.25) is 0 Å². The first-order chi connectivity index (χ1) is 9.33. The maximum Gasteiger partial charge on any atom is 0.0945 e. The Balaban J connectivity index is 2.07. The Hall–Kier alpha value is -0.900. The average molecular weight is 263 g/mol. The van der Waals surface area contributed by atoms with Crippen molar-refractivity contribution in [2.45, 2.75) is 38.3 Å². The van der Waals surface area contributed by atoms with E-state index in [1.807, 2.05) is 30.3 Å². The van der Waals surface area contributed by atoms with Gasteiger partial charge in [0.05, 0.1) is 19.3 Å². The van der Waals surface area contributed by atoms with Crippen LogP contribution in [-0.4, -0.2) is 42.4 Å². The van der Waals surface area contributed by atoms with Crippen LogP contribution in [0.15, 0.2) is 30.3 Å². The Bertz CT molecular complexity index is 349. The van der Waals surface area contributed by atoms with Crippen LogP contribution in [0.25, 0.3) is 0 Å². The number of benzene rings is 1. The molecule has 1 aliphatic rings. The molecule has 0 amide bonds. The van der Waals surface area contributed by atoms with Gasteiger partial charge in [-0.25, -0.2) is 0 Å². The molecule has 0 unspecified atom stereocenters. The highest BCUT2D eigenvalue weighted by atomic mass is 16.5. The zero-order valence-electron chi connectivity index (χ0n) is 11.8. The van der Waals surface area contributed by atoms with Crippen molar-refractivity contribution in [3.8, 4) is 0 Å². The Morgan fingerprint density at radius 1 is 1.21 bits per heavy atom. The number of aliphatic hydroxyl groups is 1. The fourth-order valence-corrected chi connectivity index (χ4v) is 2.73.